The van der Waals surface area contributed by atoms with Crippen molar-refractivity contribution in [3.63, 3.8) is 0 Å². The van der Waals surface area contributed by atoms with Gasteiger partial charge in [-0.25, -0.2) is 9.37 Å². The Morgan fingerprint density at radius 2 is 1.96 bits per heavy atom. The molecule has 3 heterocycles. The number of benzene rings is 1. The number of likely N-dealkylation sites (tertiary alicyclic amines) is 1. The summed E-state index contributed by atoms with van der Waals surface area (Å²) in [6.45, 7) is 7.70. The number of aromatic amines is 1. The summed E-state index contributed by atoms with van der Waals surface area (Å²) in [5, 5.41) is 0. The number of hydrogen-bond acceptors (Lipinski definition) is 3. The van der Waals surface area contributed by atoms with Crippen LogP contribution in [0.25, 0.3) is 6.08 Å². The number of piperidine rings is 1. The Hall–Kier alpha value is -1.98. The van der Waals surface area contributed by atoms with Crippen LogP contribution in [0.5, 0.6) is 0 Å². The topological polar surface area (TPSA) is 35.2 Å². The summed E-state index contributed by atoms with van der Waals surface area (Å²) in [6, 6.07) is 6.67. The van der Waals surface area contributed by atoms with Crippen LogP contribution in [0, 0.1) is 5.82 Å². The van der Waals surface area contributed by atoms with E-state index < -0.39 is 0 Å². The minimum Gasteiger partial charge on any atom is -0.348 e. The van der Waals surface area contributed by atoms with Crippen LogP contribution < -0.4 is 0 Å². The Balaban J connectivity index is 1.40. The molecular formula is C23H31FN4. The minimum absolute atomic E-state index is 0.111. The van der Waals surface area contributed by atoms with Gasteiger partial charge in [-0.2, -0.15) is 0 Å². The molecule has 0 amide bonds. The van der Waals surface area contributed by atoms with Crippen LogP contribution in [-0.4, -0.2) is 52.5 Å². The molecule has 150 valence electrons. The minimum atomic E-state index is -0.184. The molecule has 4 nitrogen and oxygen atoms in total. The van der Waals surface area contributed by atoms with Crippen LogP contribution in [0.3, 0.4) is 0 Å². The Morgan fingerprint density at radius 1 is 1.18 bits per heavy atom. The Morgan fingerprint density at radius 3 is 2.71 bits per heavy atom. The van der Waals surface area contributed by atoms with Gasteiger partial charge in [0.25, 0.3) is 0 Å². The van der Waals surface area contributed by atoms with Crippen molar-refractivity contribution in [3.05, 3.63) is 59.4 Å². The van der Waals surface area contributed by atoms with Gasteiger partial charge in [0.1, 0.15) is 5.82 Å². The van der Waals surface area contributed by atoms with Gasteiger partial charge in [0.2, 0.25) is 0 Å². The summed E-state index contributed by atoms with van der Waals surface area (Å²) in [5.74, 6) is -0.184. The van der Waals surface area contributed by atoms with Gasteiger partial charge in [0.15, 0.2) is 0 Å². The SMILES string of the molecule is CCCCN1CCc2[nH]cnc2C12CCN(C/C=C/c1ccc(F)cc1)CC2. The van der Waals surface area contributed by atoms with Crippen molar-refractivity contribution in [2.75, 3.05) is 32.7 Å². The van der Waals surface area contributed by atoms with Crippen molar-refractivity contribution >= 4 is 6.08 Å². The number of H-pyrrole nitrogens is 1. The first kappa shape index (κ1) is 19.3. The molecule has 1 N–H and O–H groups in total. The first-order valence-electron chi connectivity index (χ1n) is 10.6. The van der Waals surface area contributed by atoms with Gasteiger partial charge in [0.05, 0.1) is 17.6 Å². The van der Waals surface area contributed by atoms with Crippen LogP contribution in [0.4, 0.5) is 4.39 Å². The average Bonchev–Trinajstić information content (AvgIpc) is 3.21. The van der Waals surface area contributed by atoms with Gasteiger partial charge in [0, 0.05) is 38.3 Å². The predicted octanol–water partition coefficient (Wildman–Crippen LogP) is 4.21. The highest BCUT2D eigenvalue weighted by Crippen LogP contribution is 2.42. The normalized spacial score (nSPS) is 20.1. The molecule has 0 aliphatic carbocycles. The van der Waals surface area contributed by atoms with Crippen LogP contribution >= 0.6 is 0 Å². The first-order chi connectivity index (χ1) is 13.7. The second kappa shape index (κ2) is 8.58. The maximum atomic E-state index is 13.0. The lowest BCUT2D eigenvalue weighted by molar-refractivity contribution is 0.00751. The molecule has 0 radical (unpaired) electrons. The van der Waals surface area contributed by atoms with Gasteiger partial charge < -0.3 is 4.98 Å². The molecule has 4 rings (SSSR count). The summed E-state index contributed by atoms with van der Waals surface area (Å²) in [7, 11) is 0. The number of aromatic nitrogens is 2. The molecule has 1 saturated heterocycles. The van der Waals surface area contributed by atoms with Gasteiger partial charge >= 0.3 is 0 Å². The lowest BCUT2D eigenvalue weighted by atomic mass is 9.78. The monoisotopic (exact) mass is 382 g/mol. The molecule has 2 aliphatic rings. The van der Waals surface area contributed by atoms with Crippen molar-refractivity contribution in [3.8, 4) is 0 Å². The Bertz CT molecular complexity index is 787. The Labute approximate surface area is 167 Å². The summed E-state index contributed by atoms with van der Waals surface area (Å²) in [4.78, 5) is 13.4. The summed E-state index contributed by atoms with van der Waals surface area (Å²) >= 11 is 0. The van der Waals surface area contributed by atoms with Crippen molar-refractivity contribution in [1.29, 1.82) is 0 Å². The molecule has 1 aromatic heterocycles. The van der Waals surface area contributed by atoms with Crippen molar-refractivity contribution < 1.29 is 4.39 Å². The second-order valence-electron chi connectivity index (χ2n) is 8.11. The van der Waals surface area contributed by atoms with Gasteiger partial charge in [-0.15, -0.1) is 0 Å². The van der Waals surface area contributed by atoms with E-state index in [-0.39, 0.29) is 11.4 Å². The molecule has 0 bridgehead atoms. The fraction of sp³-hybridized carbons (Fsp3) is 0.522. The average molecular weight is 383 g/mol. The highest BCUT2D eigenvalue weighted by Gasteiger charge is 2.45. The second-order valence-corrected chi connectivity index (χ2v) is 8.11. The van der Waals surface area contributed by atoms with Crippen LogP contribution in [0.1, 0.15) is 49.6 Å². The fourth-order valence-electron chi connectivity index (χ4n) is 4.77. The van der Waals surface area contributed by atoms with E-state index in [1.165, 1.54) is 42.9 Å². The van der Waals surface area contributed by atoms with Crippen molar-refractivity contribution in [2.24, 2.45) is 0 Å². The molecule has 0 atom stereocenters. The molecule has 0 saturated carbocycles. The third-order valence-corrected chi connectivity index (χ3v) is 6.40. The lowest BCUT2D eigenvalue weighted by Crippen LogP contribution is -2.56. The maximum Gasteiger partial charge on any atom is 0.123 e. The number of nitrogens with one attached hydrogen (secondary N) is 1. The van der Waals surface area contributed by atoms with E-state index in [9.17, 15) is 4.39 Å². The number of rotatable bonds is 6. The quantitative estimate of drug-likeness (QED) is 0.813. The van der Waals surface area contributed by atoms with Crippen molar-refractivity contribution in [2.45, 2.75) is 44.6 Å². The van der Waals surface area contributed by atoms with Gasteiger partial charge in [-0.3, -0.25) is 9.80 Å². The smallest absolute Gasteiger partial charge is 0.123 e. The van der Waals surface area contributed by atoms with Crippen LogP contribution in [0.2, 0.25) is 0 Å². The van der Waals surface area contributed by atoms with E-state index in [1.54, 1.807) is 0 Å². The Kier molecular flexibility index (Phi) is 5.93. The first-order valence-corrected chi connectivity index (χ1v) is 10.6. The van der Waals surface area contributed by atoms with E-state index in [2.05, 4.69) is 33.9 Å². The number of hydrogen-bond donors (Lipinski definition) is 1. The van der Waals surface area contributed by atoms with E-state index in [0.717, 1.165) is 51.0 Å². The van der Waals surface area contributed by atoms with E-state index in [1.807, 2.05) is 18.5 Å². The van der Waals surface area contributed by atoms with Gasteiger partial charge in [-0.1, -0.05) is 37.6 Å². The number of imidazole rings is 1. The van der Waals surface area contributed by atoms with E-state index >= 15 is 0 Å². The fourth-order valence-corrected chi connectivity index (χ4v) is 4.77. The highest BCUT2D eigenvalue weighted by molar-refractivity contribution is 5.49. The number of halogens is 1. The predicted molar refractivity (Wildman–Crippen MR) is 112 cm³/mol. The third kappa shape index (κ3) is 3.91. The zero-order valence-electron chi connectivity index (χ0n) is 16.8. The molecule has 28 heavy (non-hydrogen) atoms. The molecule has 1 fully saturated rings. The van der Waals surface area contributed by atoms with Crippen LogP contribution in [-0.2, 0) is 12.0 Å². The molecule has 1 aromatic carbocycles. The van der Waals surface area contributed by atoms with Crippen LogP contribution in [0.15, 0.2) is 36.7 Å². The summed E-state index contributed by atoms with van der Waals surface area (Å²) < 4.78 is 13.0. The summed E-state index contributed by atoms with van der Waals surface area (Å²) in [6.07, 6.45) is 12.0. The standard InChI is InChI=1S/C23H31FN4/c1-2-3-14-28-15-10-21-22(26-18-25-21)23(28)11-16-27(17-12-23)13-4-5-19-6-8-20(24)9-7-19/h4-9,18H,2-3,10-17H2,1H3,(H,25,26)/b5-4+. The van der Waals surface area contributed by atoms with E-state index in [0.29, 0.717) is 0 Å². The van der Waals surface area contributed by atoms with Gasteiger partial charge in [-0.05, 0) is 43.5 Å². The molecule has 2 aliphatic heterocycles. The van der Waals surface area contributed by atoms with Crippen molar-refractivity contribution in [1.82, 2.24) is 19.8 Å². The highest BCUT2D eigenvalue weighted by atomic mass is 19.1. The third-order valence-electron chi connectivity index (χ3n) is 6.40. The number of fused-ring (bicyclic) bond motifs is 2. The molecule has 1 spiro atoms. The number of unbranched alkanes of at least 4 members (excludes halogenated alkanes) is 1. The van der Waals surface area contributed by atoms with E-state index in [4.69, 9.17) is 4.98 Å². The maximum absolute atomic E-state index is 13.0. The molecule has 5 heteroatoms. The summed E-state index contributed by atoms with van der Waals surface area (Å²) in [5.41, 5.74) is 3.81. The lowest BCUT2D eigenvalue weighted by Gasteiger charge is -2.50. The largest absolute Gasteiger partial charge is 0.348 e. The molecular weight excluding hydrogens is 351 g/mol. The number of nitrogens with zero attached hydrogens (tertiary/aromatic N) is 3. The molecule has 2 aromatic rings. The molecule has 0 unspecified atom stereocenters. The zero-order valence-corrected chi connectivity index (χ0v) is 16.8. The zero-order chi connectivity index (χ0) is 19.4.